The highest BCUT2D eigenvalue weighted by Gasteiger charge is 2.20. The minimum absolute atomic E-state index is 0.00125. The standard InChI is InChI=1S/C12H16N4O/c1-16-12(14-8-15-16)10(7-13)9-5-3-4-6-11(9)17-2/h3-6,8,10H,7,13H2,1-2H3. The molecule has 0 saturated carbocycles. The van der Waals surface area contributed by atoms with Crippen LogP contribution in [0.15, 0.2) is 30.6 Å². The third-order valence-corrected chi connectivity index (χ3v) is 2.81. The summed E-state index contributed by atoms with van der Waals surface area (Å²) < 4.78 is 7.09. The average molecular weight is 232 g/mol. The van der Waals surface area contributed by atoms with Crippen LogP contribution >= 0.6 is 0 Å². The summed E-state index contributed by atoms with van der Waals surface area (Å²) in [6, 6.07) is 7.84. The van der Waals surface area contributed by atoms with E-state index >= 15 is 0 Å². The highest BCUT2D eigenvalue weighted by Crippen LogP contribution is 2.29. The molecule has 5 heteroatoms. The van der Waals surface area contributed by atoms with Gasteiger partial charge in [-0.1, -0.05) is 18.2 Å². The number of hydrogen-bond donors (Lipinski definition) is 1. The van der Waals surface area contributed by atoms with Crippen molar-refractivity contribution in [1.82, 2.24) is 14.8 Å². The molecule has 17 heavy (non-hydrogen) atoms. The second-order valence-electron chi connectivity index (χ2n) is 3.77. The number of ether oxygens (including phenoxy) is 1. The van der Waals surface area contributed by atoms with Gasteiger partial charge in [-0.25, -0.2) is 4.98 Å². The van der Waals surface area contributed by atoms with E-state index in [4.69, 9.17) is 10.5 Å². The first kappa shape index (κ1) is 11.6. The van der Waals surface area contributed by atoms with Crippen molar-refractivity contribution in [2.45, 2.75) is 5.92 Å². The van der Waals surface area contributed by atoms with E-state index in [0.717, 1.165) is 17.1 Å². The number of benzene rings is 1. The van der Waals surface area contributed by atoms with Crippen molar-refractivity contribution in [3.8, 4) is 5.75 Å². The highest BCUT2D eigenvalue weighted by atomic mass is 16.5. The van der Waals surface area contributed by atoms with Crippen molar-refractivity contribution in [3.05, 3.63) is 42.0 Å². The molecule has 2 rings (SSSR count). The van der Waals surface area contributed by atoms with Crippen LogP contribution in [0.2, 0.25) is 0 Å². The van der Waals surface area contributed by atoms with Gasteiger partial charge in [0.05, 0.1) is 13.0 Å². The summed E-state index contributed by atoms with van der Waals surface area (Å²) in [5, 5.41) is 4.08. The van der Waals surface area contributed by atoms with Gasteiger partial charge in [0.2, 0.25) is 0 Å². The quantitative estimate of drug-likeness (QED) is 0.851. The molecule has 1 atom stereocenters. The zero-order chi connectivity index (χ0) is 12.3. The molecule has 0 spiro atoms. The van der Waals surface area contributed by atoms with Gasteiger partial charge in [-0.15, -0.1) is 0 Å². The van der Waals surface area contributed by atoms with E-state index in [1.165, 1.54) is 6.33 Å². The van der Waals surface area contributed by atoms with Crippen molar-refractivity contribution in [2.75, 3.05) is 13.7 Å². The van der Waals surface area contributed by atoms with Crippen LogP contribution in [0.5, 0.6) is 5.75 Å². The fourth-order valence-electron chi connectivity index (χ4n) is 1.95. The molecule has 1 aromatic carbocycles. The predicted molar refractivity (Wildman–Crippen MR) is 64.9 cm³/mol. The Kier molecular flexibility index (Phi) is 3.39. The molecule has 0 fully saturated rings. The second-order valence-corrected chi connectivity index (χ2v) is 3.77. The Morgan fingerprint density at radius 2 is 2.18 bits per heavy atom. The Hall–Kier alpha value is -1.88. The van der Waals surface area contributed by atoms with Crippen molar-refractivity contribution >= 4 is 0 Å². The number of methoxy groups -OCH3 is 1. The van der Waals surface area contributed by atoms with E-state index in [-0.39, 0.29) is 5.92 Å². The molecular weight excluding hydrogens is 216 g/mol. The first-order chi connectivity index (χ1) is 8.27. The van der Waals surface area contributed by atoms with Gasteiger partial charge in [0, 0.05) is 19.2 Å². The molecule has 0 radical (unpaired) electrons. The van der Waals surface area contributed by atoms with Crippen LogP contribution in [0, 0.1) is 0 Å². The van der Waals surface area contributed by atoms with E-state index < -0.39 is 0 Å². The van der Waals surface area contributed by atoms with Gasteiger partial charge in [0.1, 0.15) is 17.9 Å². The van der Waals surface area contributed by atoms with Crippen molar-refractivity contribution in [3.63, 3.8) is 0 Å². The van der Waals surface area contributed by atoms with Crippen LogP contribution in [0.4, 0.5) is 0 Å². The molecule has 5 nitrogen and oxygen atoms in total. The van der Waals surface area contributed by atoms with Crippen LogP contribution in [0.25, 0.3) is 0 Å². The minimum atomic E-state index is -0.00125. The predicted octanol–water partition coefficient (Wildman–Crippen LogP) is 0.914. The maximum Gasteiger partial charge on any atom is 0.138 e. The fraction of sp³-hybridized carbons (Fsp3) is 0.333. The van der Waals surface area contributed by atoms with Crippen molar-refractivity contribution in [2.24, 2.45) is 12.8 Å². The SMILES string of the molecule is COc1ccccc1C(CN)c1ncnn1C. The maximum atomic E-state index is 5.85. The third-order valence-electron chi connectivity index (χ3n) is 2.81. The number of para-hydroxylation sites is 1. The molecule has 0 aliphatic carbocycles. The maximum absolute atomic E-state index is 5.85. The summed E-state index contributed by atoms with van der Waals surface area (Å²) in [7, 11) is 3.52. The molecular formula is C12H16N4O. The van der Waals surface area contributed by atoms with E-state index in [0.29, 0.717) is 6.54 Å². The Balaban J connectivity index is 2.46. The number of aromatic nitrogens is 3. The minimum Gasteiger partial charge on any atom is -0.496 e. The van der Waals surface area contributed by atoms with Gasteiger partial charge in [-0.2, -0.15) is 5.10 Å². The summed E-state index contributed by atoms with van der Waals surface area (Å²) in [6.45, 7) is 0.465. The van der Waals surface area contributed by atoms with Crippen LogP contribution < -0.4 is 10.5 Å². The van der Waals surface area contributed by atoms with Crippen LogP contribution in [-0.2, 0) is 7.05 Å². The monoisotopic (exact) mass is 232 g/mol. The van der Waals surface area contributed by atoms with Gasteiger partial charge < -0.3 is 10.5 Å². The number of aryl methyl sites for hydroxylation is 1. The number of nitrogens with zero attached hydrogens (tertiary/aromatic N) is 3. The summed E-state index contributed by atoms with van der Waals surface area (Å²) in [5.74, 6) is 1.67. The number of nitrogens with two attached hydrogens (primary N) is 1. The lowest BCUT2D eigenvalue weighted by molar-refractivity contribution is 0.406. The topological polar surface area (TPSA) is 66.0 Å². The largest absolute Gasteiger partial charge is 0.496 e. The molecule has 1 aromatic heterocycles. The van der Waals surface area contributed by atoms with Crippen molar-refractivity contribution in [1.29, 1.82) is 0 Å². The van der Waals surface area contributed by atoms with Crippen LogP contribution in [0.3, 0.4) is 0 Å². The van der Waals surface area contributed by atoms with Gasteiger partial charge in [-0.3, -0.25) is 4.68 Å². The van der Waals surface area contributed by atoms with Gasteiger partial charge in [-0.05, 0) is 6.07 Å². The van der Waals surface area contributed by atoms with Gasteiger partial charge in [0.15, 0.2) is 0 Å². The summed E-state index contributed by atoms with van der Waals surface area (Å²) >= 11 is 0. The first-order valence-electron chi connectivity index (χ1n) is 5.44. The van der Waals surface area contributed by atoms with Crippen LogP contribution in [0.1, 0.15) is 17.3 Å². The molecule has 0 amide bonds. The highest BCUT2D eigenvalue weighted by molar-refractivity contribution is 5.39. The lowest BCUT2D eigenvalue weighted by Gasteiger charge is -2.17. The molecule has 0 bridgehead atoms. The summed E-state index contributed by atoms with van der Waals surface area (Å²) in [4.78, 5) is 4.26. The first-order valence-corrected chi connectivity index (χ1v) is 5.44. The van der Waals surface area contributed by atoms with E-state index in [1.807, 2.05) is 31.3 Å². The third kappa shape index (κ3) is 2.14. The van der Waals surface area contributed by atoms with Gasteiger partial charge in [0.25, 0.3) is 0 Å². The molecule has 2 aromatic rings. The number of hydrogen-bond acceptors (Lipinski definition) is 4. The second kappa shape index (κ2) is 4.97. The van der Waals surface area contributed by atoms with E-state index in [1.54, 1.807) is 11.8 Å². The Morgan fingerprint density at radius 1 is 1.41 bits per heavy atom. The average Bonchev–Trinajstić information content (AvgIpc) is 2.78. The molecule has 1 unspecified atom stereocenters. The molecule has 0 saturated heterocycles. The lowest BCUT2D eigenvalue weighted by Crippen LogP contribution is -2.18. The van der Waals surface area contributed by atoms with Gasteiger partial charge >= 0.3 is 0 Å². The summed E-state index contributed by atoms with van der Waals surface area (Å²) in [6.07, 6.45) is 1.54. The lowest BCUT2D eigenvalue weighted by atomic mass is 9.97. The number of rotatable bonds is 4. The normalized spacial score (nSPS) is 12.4. The molecule has 0 aliphatic heterocycles. The fourth-order valence-corrected chi connectivity index (χ4v) is 1.95. The van der Waals surface area contributed by atoms with Crippen LogP contribution in [-0.4, -0.2) is 28.4 Å². The Morgan fingerprint density at radius 3 is 2.76 bits per heavy atom. The smallest absolute Gasteiger partial charge is 0.138 e. The molecule has 90 valence electrons. The zero-order valence-corrected chi connectivity index (χ0v) is 10.00. The zero-order valence-electron chi connectivity index (χ0n) is 10.00. The Bertz CT molecular complexity index is 495. The Labute approximate surface area is 100 Å². The molecule has 1 heterocycles. The molecule has 0 aliphatic rings. The summed E-state index contributed by atoms with van der Waals surface area (Å²) in [5.41, 5.74) is 6.89. The van der Waals surface area contributed by atoms with E-state index in [2.05, 4.69) is 10.1 Å². The van der Waals surface area contributed by atoms with E-state index in [9.17, 15) is 0 Å². The molecule has 2 N–H and O–H groups in total. The van der Waals surface area contributed by atoms with Crippen molar-refractivity contribution < 1.29 is 4.74 Å².